The van der Waals surface area contributed by atoms with Gasteiger partial charge in [0, 0.05) is 18.3 Å². The number of carboxylic acids is 1. The van der Waals surface area contributed by atoms with Crippen molar-refractivity contribution in [3.05, 3.63) is 29.6 Å². The Morgan fingerprint density at radius 3 is 2.59 bits per heavy atom. The molecule has 0 saturated carbocycles. The fourth-order valence-corrected chi connectivity index (χ4v) is 1.12. The second-order valence-corrected chi connectivity index (χ2v) is 4.59. The van der Waals surface area contributed by atoms with Crippen LogP contribution < -0.4 is 5.32 Å². The minimum atomic E-state index is -0.985. The average Bonchev–Trinajstić information content (AvgIpc) is 2.27. The summed E-state index contributed by atoms with van der Waals surface area (Å²) in [6, 6.07) is 3.18. The summed E-state index contributed by atoms with van der Waals surface area (Å²) >= 11 is 0. The predicted octanol–water partition coefficient (Wildman–Crippen LogP) is 1.03. The first-order valence-electron chi connectivity index (χ1n) is 5.44. The van der Waals surface area contributed by atoms with E-state index >= 15 is 0 Å². The Labute approximate surface area is 101 Å². The Morgan fingerprint density at radius 1 is 1.53 bits per heavy atom. The van der Waals surface area contributed by atoms with Crippen LogP contribution in [0.1, 0.15) is 36.8 Å². The third-order valence-electron chi connectivity index (χ3n) is 2.84. The largest absolute Gasteiger partial charge is 0.478 e. The van der Waals surface area contributed by atoms with Crippen LogP contribution in [-0.4, -0.2) is 32.8 Å². The van der Waals surface area contributed by atoms with E-state index in [1.807, 2.05) is 13.8 Å². The first-order valence-corrected chi connectivity index (χ1v) is 5.44. The Kier molecular flexibility index (Phi) is 4.20. The van der Waals surface area contributed by atoms with E-state index in [1.165, 1.54) is 12.3 Å². The van der Waals surface area contributed by atoms with E-state index in [-0.39, 0.29) is 5.56 Å². The second kappa shape index (κ2) is 5.25. The van der Waals surface area contributed by atoms with Crippen molar-refractivity contribution >= 4 is 5.97 Å². The van der Waals surface area contributed by atoms with Crippen LogP contribution in [0.4, 0.5) is 0 Å². The van der Waals surface area contributed by atoms with E-state index in [2.05, 4.69) is 10.3 Å². The summed E-state index contributed by atoms with van der Waals surface area (Å²) in [5.41, 5.74) is 0.500. The van der Waals surface area contributed by atoms with Gasteiger partial charge in [0.25, 0.3) is 0 Å². The molecule has 5 nitrogen and oxygen atoms in total. The molecular formula is C12H18N2O3. The monoisotopic (exact) mass is 238 g/mol. The summed E-state index contributed by atoms with van der Waals surface area (Å²) in [4.78, 5) is 14.7. The molecule has 0 aromatic carbocycles. The van der Waals surface area contributed by atoms with Crippen molar-refractivity contribution in [2.24, 2.45) is 0 Å². The number of hydrogen-bond donors (Lipinski definition) is 3. The third-order valence-corrected chi connectivity index (χ3v) is 2.84. The lowest BCUT2D eigenvalue weighted by Gasteiger charge is -2.29. The lowest BCUT2D eigenvalue weighted by molar-refractivity contribution is 0.0696. The van der Waals surface area contributed by atoms with Crippen molar-refractivity contribution in [2.45, 2.75) is 39.0 Å². The van der Waals surface area contributed by atoms with Gasteiger partial charge >= 0.3 is 5.97 Å². The van der Waals surface area contributed by atoms with Crippen LogP contribution in [0.2, 0.25) is 0 Å². The van der Waals surface area contributed by atoms with Crippen LogP contribution in [0.3, 0.4) is 0 Å². The summed E-state index contributed by atoms with van der Waals surface area (Å²) in [7, 11) is 0. The van der Waals surface area contributed by atoms with Gasteiger partial charge in [-0.1, -0.05) is 0 Å². The highest BCUT2D eigenvalue weighted by Crippen LogP contribution is 2.09. The lowest BCUT2D eigenvalue weighted by atomic mass is 9.99. The smallest absolute Gasteiger partial charge is 0.337 e. The molecule has 0 aliphatic rings. The van der Waals surface area contributed by atoms with Gasteiger partial charge in [0.15, 0.2) is 0 Å². The number of nitrogens with zero attached hydrogens (tertiary/aromatic N) is 1. The number of aliphatic hydroxyl groups excluding tert-OH is 1. The molecule has 1 unspecified atom stereocenters. The molecular weight excluding hydrogens is 220 g/mol. The second-order valence-electron chi connectivity index (χ2n) is 4.59. The normalized spacial score (nSPS) is 13.4. The first-order chi connectivity index (χ1) is 7.83. The van der Waals surface area contributed by atoms with E-state index in [0.717, 1.165) is 5.69 Å². The molecule has 1 aromatic heterocycles. The van der Waals surface area contributed by atoms with E-state index in [9.17, 15) is 9.90 Å². The molecule has 0 saturated heterocycles. The Bertz CT molecular complexity index is 385. The molecule has 0 bridgehead atoms. The van der Waals surface area contributed by atoms with Gasteiger partial charge in [0.1, 0.15) is 0 Å². The number of carboxylic acid groups (broad SMARTS) is 1. The van der Waals surface area contributed by atoms with Crippen molar-refractivity contribution in [3.8, 4) is 0 Å². The molecule has 5 heteroatoms. The summed E-state index contributed by atoms with van der Waals surface area (Å²) < 4.78 is 0. The zero-order valence-electron chi connectivity index (χ0n) is 10.3. The van der Waals surface area contributed by atoms with Crippen LogP contribution in [-0.2, 0) is 6.54 Å². The van der Waals surface area contributed by atoms with Crippen molar-refractivity contribution in [1.29, 1.82) is 0 Å². The van der Waals surface area contributed by atoms with E-state index in [1.54, 1.807) is 13.0 Å². The average molecular weight is 238 g/mol. The Morgan fingerprint density at radius 2 is 2.18 bits per heavy atom. The molecule has 3 N–H and O–H groups in total. The van der Waals surface area contributed by atoms with Crippen molar-refractivity contribution in [3.63, 3.8) is 0 Å². The SMILES string of the molecule is CC(O)C(C)(C)NCc1ccc(C(=O)O)cn1. The minimum Gasteiger partial charge on any atom is -0.478 e. The van der Waals surface area contributed by atoms with Gasteiger partial charge in [0.05, 0.1) is 17.4 Å². The highest BCUT2D eigenvalue weighted by atomic mass is 16.4. The number of aromatic carboxylic acids is 1. The number of hydrogen-bond acceptors (Lipinski definition) is 4. The molecule has 0 amide bonds. The van der Waals surface area contributed by atoms with E-state index in [0.29, 0.717) is 6.54 Å². The fourth-order valence-electron chi connectivity index (χ4n) is 1.12. The first kappa shape index (κ1) is 13.6. The van der Waals surface area contributed by atoms with Crippen LogP contribution >= 0.6 is 0 Å². The topological polar surface area (TPSA) is 82.5 Å². The standard InChI is InChI=1S/C12H18N2O3/c1-8(15)12(2,3)14-7-10-5-4-9(6-13-10)11(16)17/h4-6,8,14-15H,7H2,1-3H3,(H,16,17). The lowest BCUT2D eigenvalue weighted by Crippen LogP contribution is -2.47. The number of carbonyl (C=O) groups is 1. The maximum atomic E-state index is 10.6. The van der Waals surface area contributed by atoms with Crippen LogP contribution in [0, 0.1) is 0 Å². The van der Waals surface area contributed by atoms with Gasteiger partial charge < -0.3 is 15.5 Å². The fraction of sp³-hybridized carbons (Fsp3) is 0.500. The third kappa shape index (κ3) is 3.80. The number of aliphatic hydroxyl groups is 1. The highest BCUT2D eigenvalue weighted by Gasteiger charge is 2.22. The molecule has 1 rings (SSSR count). The van der Waals surface area contributed by atoms with Gasteiger partial charge in [-0.25, -0.2) is 4.79 Å². The van der Waals surface area contributed by atoms with Crippen LogP contribution in [0.5, 0.6) is 0 Å². The van der Waals surface area contributed by atoms with Gasteiger partial charge in [-0.3, -0.25) is 4.98 Å². The van der Waals surface area contributed by atoms with Gasteiger partial charge in [0.2, 0.25) is 0 Å². The van der Waals surface area contributed by atoms with E-state index < -0.39 is 17.6 Å². The van der Waals surface area contributed by atoms with Crippen molar-refractivity contribution < 1.29 is 15.0 Å². The highest BCUT2D eigenvalue weighted by molar-refractivity contribution is 5.87. The van der Waals surface area contributed by atoms with Gasteiger partial charge in [-0.05, 0) is 32.9 Å². The van der Waals surface area contributed by atoms with Gasteiger partial charge in [-0.15, -0.1) is 0 Å². The molecule has 1 heterocycles. The quantitative estimate of drug-likeness (QED) is 0.713. The maximum absolute atomic E-state index is 10.6. The van der Waals surface area contributed by atoms with Crippen molar-refractivity contribution in [2.75, 3.05) is 0 Å². The molecule has 1 atom stereocenters. The molecule has 0 spiro atoms. The van der Waals surface area contributed by atoms with Crippen LogP contribution in [0.25, 0.3) is 0 Å². The zero-order chi connectivity index (χ0) is 13.1. The number of pyridine rings is 1. The van der Waals surface area contributed by atoms with Gasteiger partial charge in [-0.2, -0.15) is 0 Å². The molecule has 94 valence electrons. The maximum Gasteiger partial charge on any atom is 0.337 e. The Balaban J connectivity index is 2.62. The number of rotatable bonds is 5. The van der Waals surface area contributed by atoms with Crippen molar-refractivity contribution in [1.82, 2.24) is 10.3 Å². The Hall–Kier alpha value is -1.46. The molecule has 1 aromatic rings. The van der Waals surface area contributed by atoms with Crippen LogP contribution in [0.15, 0.2) is 18.3 Å². The summed E-state index contributed by atoms with van der Waals surface area (Å²) in [6.07, 6.45) is 0.843. The summed E-state index contributed by atoms with van der Waals surface area (Å²) in [5.74, 6) is -0.985. The minimum absolute atomic E-state index is 0.170. The summed E-state index contributed by atoms with van der Waals surface area (Å²) in [6.45, 7) is 5.98. The number of nitrogens with one attached hydrogen (secondary N) is 1. The molecule has 0 fully saturated rings. The number of aromatic nitrogens is 1. The molecule has 17 heavy (non-hydrogen) atoms. The predicted molar refractivity (Wildman–Crippen MR) is 63.8 cm³/mol. The molecule has 0 aliphatic carbocycles. The molecule has 0 aliphatic heterocycles. The zero-order valence-corrected chi connectivity index (χ0v) is 10.3. The molecule has 0 radical (unpaired) electrons. The summed E-state index contributed by atoms with van der Waals surface area (Å²) in [5, 5.41) is 21.4. The van der Waals surface area contributed by atoms with E-state index in [4.69, 9.17) is 5.11 Å².